The van der Waals surface area contributed by atoms with Crippen LogP contribution in [0.25, 0.3) is 0 Å². The fourth-order valence-electron chi connectivity index (χ4n) is 0.816. The predicted molar refractivity (Wildman–Crippen MR) is 31.3 cm³/mol. The molecule has 1 N–H and O–H groups in total. The molecule has 42 valence electrons. The summed E-state index contributed by atoms with van der Waals surface area (Å²) in [4.78, 5) is 0. The number of nitrogens with one attached hydrogen (secondary N) is 1. The zero-order valence-corrected chi connectivity index (χ0v) is 4.61. The molecule has 1 saturated carbocycles. The molecule has 0 aliphatic heterocycles. The Morgan fingerprint density at radius 3 is 3.14 bits per heavy atom. The molecule has 7 heavy (non-hydrogen) atoms. The van der Waals surface area contributed by atoms with E-state index >= 15 is 0 Å². The third kappa shape index (κ3) is 1.16. The third-order valence-electron chi connectivity index (χ3n) is 1.54. The minimum atomic E-state index is 0.524. The van der Waals surface area contributed by atoms with Crippen LogP contribution < -0.4 is 5.32 Å². The lowest BCUT2D eigenvalue weighted by Gasteiger charge is -2.25. The summed E-state index contributed by atoms with van der Waals surface area (Å²) in [6.45, 7) is 1.40. The van der Waals surface area contributed by atoms with E-state index in [2.05, 4.69) is 5.32 Å². The molecule has 1 aliphatic carbocycles. The van der Waals surface area contributed by atoms with Crippen LogP contribution in [0.4, 0.5) is 0 Å². The van der Waals surface area contributed by atoms with Gasteiger partial charge in [-0.3, -0.25) is 0 Å². The van der Waals surface area contributed by atoms with Crippen LogP contribution in [0.15, 0.2) is 0 Å². The van der Waals surface area contributed by atoms with E-state index in [9.17, 15) is 0 Å². The van der Waals surface area contributed by atoms with Crippen molar-refractivity contribution in [2.75, 3.05) is 6.54 Å². The van der Waals surface area contributed by atoms with Gasteiger partial charge in [0.2, 0.25) is 0 Å². The van der Waals surface area contributed by atoms with Gasteiger partial charge in [0.15, 0.2) is 0 Å². The second-order valence-corrected chi connectivity index (χ2v) is 2.08. The summed E-state index contributed by atoms with van der Waals surface area (Å²) < 4.78 is 6.83. The summed E-state index contributed by atoms with van der Waals surface area (Å²) in [7, 11) is 0. The standard InChI is InChI=1S/C6H13N/c1-2-7-6-4-3-5-6/h6-7H,2-5H2,1H3/i1D. The van der Waals surface area contributed by atoms with Gasteiger partial charge in [-0.05, 0) is 19.4 Å². The van der Waals surface area contributed by atoms with Gasteiger partial charge in [0.25, 0.3) is 0 Å². The third-order valence-corrected chi connectivity index (χ3v) is 1.54. The predicted octanol–water partition coefficient (Wildman–Crippen LogP) is 1.15. The maximum absolute atomic E-state index is 6.83. The Kier molecular flexibility index (Phi) is 1.29. The van der Waals surface area contributed by atoms with Crippen molar-refractivity contribution in [2.45, 2.75) is 32.2 Å². The van der Waals surface area contributed by atoms with Crippen LogP contribution in [0.1, 0.15) is 27.5 Å². The summed E-state index contributed by atoms with van der Waals surface area (Å²) in [6.07, 6.45) is 4.05. The molecule has 0 bridgehead atoms. The first-order valence-electron chi connectivity index (χ1n) is 3.67. The van der Waals surface area contributed by atoms with Crippen molar-refractivity contribution in [3.63, 3.8) is 0 Å². The Hall–Kier alpha value is -0.0400. The van der Waals surface area contributed by atoms with Gasteiger partial charge in [-0.1, -0.05) is 13.3 Å². The molecule has 1 nitrogen and oxygen atoms in total. The largest absolute Gasteiger partial charge is 0.314 e. The molecule has 0 radical (unpaired) electrons. The Labute approximate surface area is 46.5 Å². The summed E-state index contributed by atoms with van der Waals surface area (Å²) >= 11 is 0. The molecular formula is C6H13N. The van der Waals surface area contributed by atoms with Crippen molar-refractivity contribution in [1.29, 1.82) is 0 Å². The molecule has 0 unspecified atom stereocenters. The van der Waals surface area contributed by atoms with Crippen LogP contribution in [-0.4, -0.2) is 12.6 Å². The highest BCUT2D eigenvalue weighted by molar-refractivity contribution is 4.74. The molecule has 1 rings (SSSR count). The number of hydrogen-bond acceptors (Lipinski definition) is 1. The van der Waals surface area contributed by atoms with Crippen molar-refractivity contribution in [1.82, 2.24) is 5.32 Å². The molecule has 0 amide bonds. The van der Waals surface area contributed by atoms with Crippen molar-refractivity contribution < 1.29 is 1.37 Å². The smallest absolute Gasteiger partial charge is 0.0243 e. The highest BCUT2D eigenvalue weighted by Gasteiger charge is 2.14. The van der Waals surface area contributed by atoms with Gasteiger partial charge in [0.05, 0.1) is 0 Å². The van der Waals surface area contributed by atoms with Crippen molar-refractivity contribution in [3.05, 3.63) is 0 Å². The first-order valence-corrected chi connectivity index (χ1v) is 2.96. The average molecular weight is 100 g/mol. The molecule has 0 heterocycles. The summed E-state index contributed by atoms with van der Waals surface area (Å²) in [6, 6.07) is 0.764. The van der Waals surface area contributed by atoms with E-state index in [1.54, 1.807) is 0 Å². The fourth-order valence-corrected chi connectivity index (χ4v) is 0.816. The normalized spacial score (nSPS) is 23.7. The number of rotatable bonds is 2. The zero-order chi connectivity index (χ0) is 5.82. The highest BCUT2D eigenvalue weighted by Crippen LogP contribution is 2.17. The van der Waals surface area contributed by atoms with Gasteiger partial charge in [0, 0.05) is 7.41 Å². The minimum absolute atomic E-state index is 0.524. The molecule has 0 atom stereocenters. The van der Waals surface area contributed by atoms with E-state index in [-0.39, 0.29) is 0 Å². The quantitative estimate of drug-likeness (QED) is 0.549. The molecule has 0 aromatic rings. The van der Waals surface area contributed by atoms with E-state index in [1.165, 1.54) is 19.3 Å². The van der Waals surface area contributed by atoms with Crippen molar-refractivity contribution >= 4 is 0 Å². The van der Waals surface area contributed by atoms with Gasteiger partial charge in [-0.15, -0.1) is 0 Å². The van der Waals surface area contributed by atoms with E-state index in [0.717, 1.165) is 12.6 Å². The maximum atomic E-state index is 6.83. The molecule has 0 aromatic carbocycles. The lowest BCUT2D eigenvalue weighted by molar-refractivity contribution is 0.346. The van der Waals surface area contributed by atoms with Crippen molar-refractivity contribution in [3.8, 4) is 0 Å². The Balaban J connectivity index is 1.86. The number of hydrogen-bond donors (Lipinski definition) is 1. The molecule has 1 aliphatic rings. The topological polar surface area (TPSA) is 12.0 Å². The van der Waals surface area contributed by atoms with Gasteiger partial charge in [-0.2, -0.15) is 0 Å². The van der Waals surface area contributed by atoms with E-state index in [1.807, 2.05) is 0 Å². The average Bonchev–Trinajstić information content (AvgIpc) is 1.63. The van der Waals surface area contributed by atoms with E-state index in [0.29, 0.717) is 6.90 Å². The summed E-state index contributed by atoms with van der Waals surface area (Å²) in [5.74, 6) is 0. The molecule has 0 spiro atoms. The fraction of sp³-hybridized carbons (Fsp3) is 1.00. The lowest BCUT2D eigenvalue weighted by atomic mass is 9.93. The van der Waals surface area contributed by atoms with Crippen LogP contribution in [0.3, 0.4) is 0 Å². The SMILES string of the molecule is [2H]CCNC1CCC1. The first-order chi connectivity index (χ1) is 3.93. The van der Waals surface area contributed by atoms with Crippen LogP contribution in [0, 0.1) is 0 Å². The van der Waals surface area contributed by atoms with Crippen LogP contribution in [-0.2, 0) is 0 Å². The van der Waals surface area contributed by atoms with E-state index in [4.69, 9.17) is 1.37 Å². The van der Waals surface area contributed by atoms with E-state index < -0.39 is 0 Å². The second-order valence-electron chi connectivity index (χ2n) is 2.08. The zero-order valence-electron chi connectivity index (χ0n) is 5.61. The van der Waals surface area contributed by atoms with Crippen LogP contribution >= 0.6 is 0 Å². The Bertz CT molecular complexity index is 61.5. The Morgan fingerprint density at radius 2 is 2.71 bits per heavy atom. The van der Waals surface area contributed by atoms with Gasteiger partial charge in [-0.25, -0.2) is 0 Å². The molecule has 1 heteroatoms. The van der Waals surface area contributed by atoms with Gasteiger partial charge in [0.1, 0.15) is 0 Å². The second kappa shape index (κ2) is 2.31. The maximum Gasteiger partial charge on any atom is 0.0243 e. The first kappa shape index (κ1) is 3.90. The Morgan fingerprint density at radius 1 is 1.86 bits per heavy atom. The van der Waals surface area contributed by atoms with Crippen LogP contribution in [0.5, 0.6) is 0 Å². The summed E-state index contributed by atoms with van der Waals surface area (Å²) in [5, 5.41) is 3.28. The molecule has 1 fully saturated rings. The van der Waals surface area contributed by atoms with Crippen molar-refractivity contribution in [2.24, 2.45) is 0 Å². The van der Waals surface area contributed by atoms with Crippen LogP contribution in [0.2, 0.25) is 0 Å². The molecular weight excluding hydrogens is 86.1 g/mol. The van der Waals surface area contributed by atoms with Gasteiger partial charge >= 0.3 is 0 Å². The lowest BCUT2D eigenvalue weighted by Crippen LogP contribution is -2.34. The minimum Gasteiger partial charge on any atom is -0.314 e. The monoisotopic (exact) mass is 100 g/mol. The summed E-state index contributed by atoms with van der Waals surface area (Å²) in [5.41, 5.74) is 0. The molecule has 0 saturated heterocycles. The highest BCUT2D eigenvalue weighted by atomic mass is 14.9. The molecule has 0 aromatic heterocycles. The van der Waals surface area contributed by atoms with Gasteiger partial charge < -0.3 is 5.32 Å².